The fraction of sp³-hybridized carbons (Fsp3) is 0.130. The minimum atomic E-state index is -1.21. The normalized spacial score (nSPS) is 14.4. The minimum absolute atomic E-state index is 0.119. The highest BCUT2D eigenvalue weighted by Crippen LogP contribution is 2.28. The highest BCUT2D eigenvalue weighted by atomic mass is 16.4. The summed E-state index contributed by atoms with van der Waals surface area (Å²) in [6.07, 6.45) is 4.45. The molecule has 2 N–H and O–H groups in total. The van der Waals surface area contributed by atoms with Crippen molar-refractivity contribution in [2.24, 2.45) is 0 Å². The summed E-state index contributed by atoms with van der Waals surface area (Å²) in [5, 5.41) is 11.7. The second-order valence-corrected chi connectivity index (χ2v) is 7.12. The third-order valence-corrected chi connectivity index (χ3v) is 4.91. The van der Waals surface area contributed by atoms with Crippen molar-refractivity contribution in [3.05, 3.63) is 81.9 Å². The molecule has 0 saturated carbocycles. The van der Waals surface area contributed by atoms with Crippen molar-refractivity contribution >= 4 is 40.1 Å². The minimum Gasteiger partial charge on any atom is -0.478 e. The first kappa shape index (κ1) is 19.3. The van der Waals surface area contributed by atoms with Gasteiger partial charge in [-0.3, -0.25) is 14.2 Å². The van der Waals surface area contributed by atoms with E-state index in [1.54, 1.807) is 22.8 Å². The Morgan fingerprint density at radius 2 is 1.90 bits per heavy atom. The maximum absolute atomic E-state index is 12.9. The Balaban J connectivity index is 1.71. The molecule has 0 atom stereocenters. The second kappa shape index (κ2) is 7.79. The summed E-state index contributed by atoms with van der Waals surface area (Å²) in [5.74, 6) is -1.15. The first-order valence-electron chi connectivity index (χ1n) is 9.45. The number of anilines is 1. The molecule has 0 saturated heterocycles. The van der Waals surface area contributed by atoms with E-state index in [1.165, 1.54) is 5.56 Å². The third kappa shape index (κ3) is 3.91. The number of hydrogen-bond acceptors (Lipinski definition) is 4. The van der Waals surface area contributed by atoms with Crippen LogP contribution in [0.15, 0.2) is 59.4 Å². The summed E-state index contributed by atoms with van der Waals surface area (Å²) >= 11 is 0. The number of hydrogen-bond donors (Lipinski definition) is 2. The van der Waals surface area contributed by atoms with E-state index in [0.29, 0.717) is 29.0 Å². The van der Waals surface area contributed by atoms with E-state index in [9.17, 15) is 14.4 Å². The van der Waals surface area contributed by atoms with E-state index in [1.807, 2.05) is 37.3 Å². The van der Waals surface area contributed by atoms with Crippen molar-refractivity contribution in [3.63, 3.8) is 0 Å². The number of aromatic nitrogens is 2. The molecule has 0 bridgehead atoms. The summed E-state index contributed by atoms with van der Waals surface area (Å²) in [4.78, 5) is 40.0. The Morgan fingerprint density at radius 3 is 2.63 bits per heavy atom. The van der Waals surface area contributed by atoms with Gasteiger partial charge in [0.25, 0.3) is 5.56 Å². The number of aliphatic carboxylic acids is 1. The molecule has 0 aliphatic carbocycles. The number of carbonyl (C=O) groups is 2. The van der Waals surface area contributed by atoms with Gasteiger partial charge in [-0.05, 0) is 48.8 Å². The van der Waals surface area contributed by atoms with Crippen molar-refractivity contribution in [3.8, 4) is 0 Å². The molecule has 0 radical (unpaired) electrons. The van der Waals surface area contributed by atoms with Crippen LogP contribution in [0, 0.1) is 6.92 Å². The van der Waals surface area contributed by atoms with Crippen molar-refractivity contribution in [1.29, 1.82) is 0 Å². The highest BCUT2D eigenvalue weighted by molar-refractivity contribution is 6.03. The summed E-state index contributed by atoms with van der Waals surface area (Å²) in [5.41, 5.74) is 3.99. The lowest BCUT2D eigenvalue weighted by molar-refractivity contribution is -0.131. The van der Waals surface area contributed by atoms with Gasteiger partial charge in [0, 0.05) is 24.4 Å². The number of amides is 1. The Labute approximate surface area is 172 Å². The van der Waals surface area contributed by atoms with Gasteiger partial charge in [0.05, 0.1) is 10.9 Å². The molecule has 0 fully saturated rings. The fourth-order valence-corrected chi connectivity index (χ4v) is 3.43. The van der Waals surface area contributed by atoms with Gasteiger partial charge < -0.3 is 10.4 Å². The zero-order valence-electron chi connectivity index (χ0n) is 16.3. The molecule has 3 aromatic rings. The molecule has 1 amide bonds. The predicted molar refractivity (Wildman–Crippen MR) is 115 cm³/mol. The van der Waals surface area contributed by atoms with Gasteiger partial charge in [-0.2, -0.15) is 0 Å². The number of benzene rings is 2. The van der Waals surface area contributed by atoms with E-state index in [4.69, 9.17) is 5.11 Å². The summed E-state index contributed by atoms with van der Waals surface area (Å²) in [6, 6.07) is 13.0. The van der Waals surface area contributed by atoms with Crippen LogP contribution in [0.5, 0.6) is 0 Å². The number of nitrogens with one attached hydrogen (secondary N) is 1. The van der Waals surface area contributed by atoms with E-state index < -0.39 is 11.9 Å². The van der Waals surface area contributed by atoms with Gasteiger partial charge in [0.15, 0.2) is 0 Å². The molecular weight excluding hydrogens is 382 g/mol. The fourth-order valence-electron chi connectivity index (χ4n) is 3.43. The largest absolute Gasteiger partial charge is 0.478 e. The third-order valence-electron chi connectivity index (χ3n) is 4.91. The molecule has 1 aliphatic heterocycles. The summed E-state index contributed by atoms with van der Waals surface area (Å²) in [6.45, 7) is 2.61. The molecule has 30 heavy (non-hydrogen) atoms. The molecule has 4 rings (SSSR count). The molecule has 1 aliphatic rings. The van der Waals surface area contributed by atoms with Crippen molar-refractivity contribution in [2.75, 3.05) is 5.32 Å². The number of nitrogens with zero attached hydrogens (tertiary/aromatic N) is 2. The summed E-state index contributed by atoms with van der Waals surface area (Å²) < 4.78 is 1.68. The molecule has 2 aromatic carbocycles. The van der Waals surface area contributed by atoms with Crippen LogP contribution >= 0.6 is 0 Å². The predicted octanol–water partition coefficient (Wildman–Crippen LogP) is 3.23. The SMILES string of the molecule is Cc1ccc(C=C2CCn3c2nc2cc(NC(=O)C=CC(=O)O)ccc2c3=O)cc1. The van der Waals surface area contributed by atoms with Gasteiger partial charge in [0.1, 0.15) is 5.82 Å². The molecule has 0 spiro atoms. The van der Waals surface area contributed by atoms with E-state index >= 15 is 0 Å². The average molecular weight is 401 g/mol. The van der Waals surface area contributed by atoms with Crippen LogP contribution in [0.4, 0.5) is 5.69 Å². The quantitative estimate of drug-likeness (QED) is 0.654. The molecule has 7 nitrogen and oxygen atoms in total. The van der Waals surface area contributed by atoms with Gasteiger partial charge in [-0.15, -0.1) is 0 Å². The Kier molecular flexibility index (Phi) is 5.02. The van der Waals surface area contributed by atoms with Crippen LogP contribution in [-0.2, 0) is 16.1 Å². The van der Waals surface area contributed by atoms with Crippen LogP contribution in [-0.4, -0.2) is 26.5 Å². The molecule has 2 heterocycles. The molecular formula is C23H19N3O4. The molecule has 7 heteroatoms. The zero-order chi connectivity index (χ0) is 21.3. The molecule has 0 unspecified atom stereocenters. The number of carbonyl (C=O) groups excluding carboxylic acids is 1. The average Bonchev–Trinajstić information content (AvgIpc) is 3.11. The number of fused-ring (bicyclic) bond motifs is 2. The zero-order valence-corrected chi connectivity index (χ0v) is 16.3. The molecule has 1 aromatic heterocycles. The standard InChI is InChI=1S/C23H19N3O4/c1-14-2-4-15(5-3-14)12-16-10-11-26-22(16)25-19-13-17(6-7-18(19)23(26)30)24-20(27)8-9-21(28)29/h2-9,12-13H,10-11H2,1H3,(H,24,27)(H,28,29). The van der Waals surface area contributed by atoms with Crippen molar-refractivity contribution in [2.45, 2.75) is 19.9 Å². The first-order valence-corrected chi connectivity index (χ1v) is 9.45. The number of rotatable bonds is 4. The van der Waals surface area contributed by atoms with Crippen LogP contribution < -0.4 is 10.9 Å². The highest BCUT2D eigenvalue weighted by Gasteiger charge is 2.21. The van der Waals surface area contributed by atoms with Crippen LogP contribution in [0.1, 0.15) is 23.4 Å². The number of aryl methyl sites for hydroxylation is 1. The topological polar surface area (TPSA) is 101 Å². The first-order chi connectivity index (χ1) is 14.4. The number of carboxylic acid groups (broad SMARTS) is 1. The smallest absolute Gasteiger partial charge is 0.328 e. The number of allylic oxidation sites excluding steroid dienone is 1. The van der Waals surface area contributed by atoms with Gasteiger partial charge >= 0.3 is 5.97 Å². The van der Waals surface area contributed by atoms with Crippen molar-refractivity contribution < 1.29 is 14.7 Å². The maximum atomic E-state index is 12.9. The monoisotopic (exact) mass is 401 g/mol. The van der Waals surface area contributed by atoms with E-state index in [0.717, 1.165) is 29.7 Å². The summed E-state index contributed by atoms with van der Waals surface area (Å²) in [7, 11) is 0. The van der Waals surface area contributed by atoms with Gasteiger partial charge in [-0.25, -0.2) is 9.78 Å². The Hall–Kier alpha value is -4.00. The van der Waals surface area contributed by atoms with E-state index in [-0.39, 0.29) is 5.56 Å². The van der Waals surface area contributed by atoms with Crippen molar-refractivity contribution in [1.82, 2.24) is 9.55 Å². The van der Waals surface area contributed by atoms with E-state index in [2.05, 4.69) is 10.3 Å². The molecule has 150 valence electrons. The lowest BCUT2D eigenvalue weighted by atomic mass is 10.1. The Bertz CT molecular complexity index is 1280. The lowest BCUT2D eigenvalue weighted by Crippen LogP contribution is -2.21. The van der Waals surface area contributed by atoms with Crippen LogP contribution in [0.3, 0.4) is 0 Å². The van der Waals surface area contributed by atoms with Crippen LogP contribution in [0.25, 0.3) is 22.6 Å². The number of carboxylic acids is 1. The maximum Gasteiger partial charge on any atom is 0.328 e. The Morgan fingerprint density at radius 1 is 1.13 bits per heavy atom. The van der Waals surface area contributed by atoms with Gasteiger partial charge in [0.2, 0.25) is 5.91 Å². The lowest BCUT2D eigenvalue weighted by Gasteiger charge is -2.08. The van der Waals surface area contributed by atoms with Crippen LogP contribution in [0.2, 0.25) is 0 Å². The van der Waals surface area contributed by atoms with Gasteiger partial charge in [-0.1, -0.05) is 29.8 Å². The second-order valence-electron chi connectivity index (χ2n) is 7.12.